The Kier molecular flexibility index (Phi) is 6.80. The molecule has 1 aliphatic heterocycles. The van der Waals surface area contributed by atoms with E-state index in [0.717, 1.165) is 25.0 Å². The van der Waals surface area contributed by atoms with Gasteiger partial charge >= 0.3 is 6.03 Å². The lowest BCUT2D eigenvalue weighted by Gasteiger charge is -2.32. The van der Waals surface area contributed by atoms with Gasteiger partial charge in [0.1, 0.15) is 0 Å². The molecule has 1 atom stereocenters. The van der Waals surface area contributed by atoms with Crippen molar-refractivity contribution in [3.63, 3.8) is 0 Å². The van der Waals surface area contributed by atoms with Crippen molar-refractivity contribution in [1.29, 1.82) is 0 Å². The monoisotopic (exact) mass is 369 g/mol. The Bertz CT molecular complexity index is 685. The summed E-state index contributed by atoms with van der Waals surface area (Å²) < 4.78 is 31.3. The Morgan fingerprint density at radius 1 is 1.36 bits per heavy atom. The van der Waals surface area contributed by atoms with Crippen LogP contribution in [0.5, 0.6) is 0 Å². The molecule has 2 N–H and O–H groups in total. The molecule has 1 heterocycles. The van der Waals surface area contributed by atoms with E-state index in [2.05, 4.69) is 10.0 Å². The molecule has 2 amide bonds. The van der Waals surface area contributed by atoms with Crippen molar-refractivity contribution in [3.05, 3.63) is 29.8 Å². The third-order valence-corrected chi connectivity index (χ3v) is 5.99. The number of rotatable bonds is 6. The summed E-state index contributed by atoms with van der Waals surface area (Å²) in [6.07, 6.45) is 1.87. The van der Waals surface area contributed by atoms with E-state index < -0.39 is 10.0 Å². The Morgan fingerprint density at radius 2 is 2.04 bits per heavy atom. The number of nitrogens with one attached hydrogen (secondary N) is 2. The lowest BCUT2D eigenvalue weighted by Crippen LogP contribution is -2.45. The van der Waals surface area contributed by atoms with Gasteiger partial charge in [-0.05, 0) is 50.4 Å². The van der Waals surface area contributed by atoms with E-state index >= 15 is 0 Å². The molecule has 1 aromatic rings. The molecule has 1 aromatic carbocycles. The zero-order valence-corrected chi connectivity index (χ0v) is 15.8. The van der Waals surface area contributed by atoms with Gasteiger partial charge in [-0.3, -0.25) is 0 Å². The van der Waals surface area contributed by atoms with Crippen molar-refractivity contribution >= 4 is 16.1 Å². The minimum absolute atomic E-state index is 0.120. The van der Waals surface area contributed by atoms with E-state index in [9.17, 15) is 13.2 Å². The van der Waals surface area contributed by atoms with E-state index in [4.69, 9.17) is 4.74 Å². The molecule has 0 bridgehead atoms. The number of carbonyl (C=O) groups is 1. The summed E-state index contributed by atoms with van der Waals surface area (Å²) in [5, 5.41) is 2.95. The number of urea groups is 1. The van der Waals surface area contributed by atoms with Crippen molar-refractivity contribution in [2.24, 2.45) is 5.92 Å². The van der Waals surface area contributed by atoms with Crippen LogP contribution < -0.4 is 10.0 Å². The molecule has 1 aliphatic rings. The SMILES string of the molecule is CNS(=O)(=O)c1cccc(C(C)NC(=O)N2CCC(COC)CC2)c1. The second-order valence-corrected chi connectivity index (χ2v) is 8.22. The van der Waals surface area contributed by atoms with E-state index in [0.29, 0.717) is 19.0 Å². The number of sulfonamides is 1. The fourth-order valence-corrected chi connectivity index (χ4v) is 3.75. The van der Waals surface area contributed by atoms with Crippen molar-refractivity contribution in [3.8, 4) is 0 Å². The van der Waals surface area contributed by atoms with Crippen LogP contribution in [0.4, 0.5) is 4.79 Å². The number of hydrogen-bond acceptors (Lipinski definition) is 4. The molecule has 1 unspecified atom stereocenters. The van der Waals surface area contributed by atoms with Gasteiger partial charge in [-0.2, -0.15) is 0 Å². The largest absolute Gasteiger partial charge is 0.384 e. The summed E-state index contributed by atoms with van der Waals surface area (Å²) in [6.45, 7) is 4.00. The summed E-state index contributed by atoms with van der Waals surface area (Å²) in [5.74, 6) is 0.509. The molecule has 0 aromatic heterocycles. The zero-order valence-electron chi connectivity index (χ0n) is 15.0. The van der Waals surface area contributed by atoms with Gasteiger partial charge in [0.15, 0.2) is 0 Å². The number of methoxy groups -OCH3 is 1. The van der Waals surface area contributed by atoms with Crippen LogP contribution in [0, 0.1) is 5.92 Å². The van der Waals surface area contributed by atoms with Crippen molar-refractivity contribution in [1.82, 2.24) is 14.9 Å². The summed E-state index contributed by atoms with van der Waals surface area (Å²) in [4.78, 5) is 14.4. The molecule has 25 heavy (non-hydrogen) atoms. The maximum Gasteiger partial charge on any atom is 0.317 e. The van der Waals surface area contributed by atoms with Gasteiger partial charge < -0.3 is 15.0 Å². The highest BCUT2D eigenvalue weighted by molar-refractivity contribution is 7.89. The number of hydrogen-bond donors (Lipinski definition) is 2. The molecular weight excluding hydrogens is 342 g/mol. The van der Waals surface area contributed by atoms with Gasteiger partial charge in [-0.15, -0.1) is 0 Å². The number of amides is 2. The second-order valence-electron chi connectivity index (χ2n) is 6.34. The number of likely N-dealkylation sites (tertiary alicyclic amines) is 1. The number of benzene rings is 1. The average Bonchev–Trinajstić information content (AvgIpc) is 2.62. The van der Waals surface area contributed by atoms with Gasteiger partial charge in [0.2, 0.25) is 10.0 Å². The van der Waals surface area contributed by atoms with E-state index in [-0.39, 0.29) is 17.0 Å². The van der Waals surface area contributed by atoms with Crippen LogP contribution in [-0.2, 0) is 14.8 Å². The molecule has 0 aliphatic carbocycles. The van der Waals surface area contributed by atoms with E-state index in [1.165, 1.54) is 13.1 Å². The topological polar surface area (TPSA) is 87.7 Å². The van der Waals surface area contributed by atoms with Gasteiger partial charge in [0.05, 0.1) is 10.9 Å². The Hall–Kier alpha value is -1.64. The maximum atomic E-state index is 12.4. The van der Waals surface area contributed by atoms with Crippen LogP contribution in [0.15, 0.2) is 29.2 Å². The zero-order chi connectivity index (χ0) is 18.4. The standard InChI is InChI=1S/C17H27N3O4S/c1-13(15-5-4-6-16(11-15)25(22,23)18-2)19-17(21)20-9-7-14(8-10-20)12-24-3/h4-6,11,13-14,18H,7-10,12H2,1-3H3,(H,19,21). The lowest BCUT2D eigenvalue weighted by atomic mass is 9.98. The van der Waals surface area contributed by atoms with Gasteiger partial charge in [-0.1, -0.05) is 12.1 Å². The third kappa shape index (κ3) is 5.17. The van der Waals surface area contributed by atoms with Crippen LogP contribution in [0.25, 0.3) is 0 Å². The molecule has 1 fully saturated rings. The Labute approximate surface area is 149 Å². The first-order valence-electron chi connectivity index (χ1n) is 8.45. The van der Waals surface area contributed by atoms with Crippen molar-refractivity contribution < 1.29 is 17.9 Å². The lowest BCUT2D eigenvalue weighted by molar-refractivity contribution is 0.106. The van der Waals surface area contributed by atoms with Crippen molar-refractivity contribution in [2.45, 2.75) is 30.7 Å². The molecule has 0 radical (unpaired) electrons. The van der Waals surface area contributed by atoms with Crippen LogP contribution in [-0.4, -0.2) is 53.2 Å². The van der Waals surface area contributed by atoms with Crippen LogP contribution in [0.3, 0.4) is 0 Å². The Morgan fingerprint density at radius 3 is 2.64 bits per heavy atom. The fourth-order valence-electron chi connectivity index (χ4n) is 2.97. The normalized spacial score (nSPS) is 17.3. The minimum Gasteiger partial charge on any atom is -0.384 e. The van der Waals surface area contributed by atoms with Crippen LogP contribution in [0.2, 0.25) is 0 Å². The fraction of sp³-hybridized carbons (Fsp3) is 0.588. The van der Waals surface area contributed by atoms with Crippen molar-refractivity contribution in [2.75, 3.05) is 33.9 Å². The number of nitrogens with zero attached hydrogens (tertiary/aromatic N) is 1. The summed E-state index contributed by atoms with van der Waals surface area (Å²) >= 11 is 0. The highest BCUT2D eigenvalue weighted by Crippen LogP contribution is 2.20. The van der Waals surface area contributed by atoms with Gasteiger partial charge in [0, 0.05) is 26.8 Å². The molecular formula is C17H27N3O4S. The number of ether oxygens (including phenoxy) is 1. The Balaban J connectivity index is 1.97. The smallest absolute Gasteiger partial charge is 0.317 e. The minimum atomic E-state index is -3.50. The molecule has 0 saturated carbocycles. The number of piperidine rings is 1. The first-order chi connectivity index (χ1) is 11.9. The summed E-state index contributed by atoms with van der Waals surface area (Å²) in [7, 11) is -0.427. The molecule has 8 heteroatoms. The van der Waals surface area contributed by atoms with Gasteiger partial charge in [-0.25, -0.2) is 17.9 Å². The molecule has 1 saturated heterocycles. The van der Waals surface area contributed by atoms with E-state index in [1.807, 2.05) is 13.0 Å². The molecule has 7 nitrogen and oxygen atoms in total. The molecule has 0 spiro atoms. The van der Waals surface area contributed by atoms with Crippen LogP contribution in [0.1, 0.15) is 31.4 Å². The predicted molar refractivity (Wildman–Crippen MR) is 95.8 cm³/mol. The first-order valence-corrected chi connectivity index (χ1v) is 9.93. The quantitative estimate of drug-likeness (QED) is 0.799. The van der Waals surface area contributed by atoms with Crippen LogP contribution >= 0.6 is 0 Å². The highest BCUT2D eigenvalue weighted by Gasteiger charge is 2.24. The van der Waals surface area contributed by atoms with Gasteiger partial charge in [0.25, 0.3) is 0 Å². The average molecular weight is 369 g/mol. The first kappa shape index (κ1) is 19.7. The summed E-state index contributed by atoms with van der Waals surface area (Å²) in [6, 6.07) is 6.20. The third-order valence-electron chi connectivity index (χ3n) is 4.58. The molecule has 140 valence electrons. The summed E-state index contributed by atoms with van der Waals surface area (Å²) in [5.41, 5.74) is 0.749. The highest BCUT2D eigenvalue weighted by atomic mass is 32.2. The maximum absolute atomic E-state index is 12.4. The number of carbonyl (C=O) groups excluding carboxylic acids is 1. The van der Waals surface area contributed by atoms with E-state index in [1.54, 1.807) is 24.1 Å². The second kappa shape index (κ2) is 8.64. The molecule has 2 rings (SSSR count). The predicted octanol–water partition coefficient (Wildman–Crippen LogP) is 1.72.